The second-order valence-electron chi connectivity index (χ2n) is 6.39. The molecule has 0 bridgehead atoms. The summed E-state index contributed by atoms with van der Waals surface area (Å²) in [6.45, 7) is 6.26. The number of aryl methyl sites for hydroxylation is 1. The van der Waals surface area contributed by atoms with E-state index in [2.05, 4.69) is 20.7 Å². The Hall–Kier alpha value is -2.70. The van der Waals surface area contributed by atoms with Gasteiger partial charge < -0.3 is 10.6 Å². The maximum absolute atomic E-state index is 12.2. The smallest absolute Gasteiger partial charge is 0.271 e. The molecule has 0 saturated carbocycles. The molecule has 7 nitrogen and oxygen atoms in total. The fourth-order valence-electron chi connectivity index (χ4n) is 2.72. The minimum Gasteiger partial charge on any atom is -0.348 e. The molecule has 1 aliphatic heterocycles. The van der Waals surface area contributed by atoms with E-state index in [0.717, 1.165) is 11.4 Å². The Kier molecular flexibility index (Phi) is 4.33. The quantitative estimate of drug-likeness (QED) is 0.879. The third-order valence-corrected chi connectivity index (χ3v) is 3.87. The number of carbonyl (C=O) groups is 2. The van der Waals surface area contributed by atoms with Gasteiger partial charge in [0, 0.05) is 30.0 Å². The number of aromatic nitrogens is 3. The van der Waals surface area contributed by atoms with Gasteiger partial charge >= 0.3 is 0 Å². The molecule has 2 amide bonds. The van der Waals surface area contributed by atoms with Crippen molar-refractivity contribution in [3.8, 4) is 0 Å². The number of hydrogen-bond acceptors (Lipinski definition) is 4. The lowest BCUT2D eigenvalue weighted by atomic mass is 10.1. The molecule has 24 heavy (non-hydrogen) atoms. The Bertz CT molecular complexity index is 740. The number of hydrogen-bond donors (Lipinski definition) is 2. The summed E-state index contributed by atoms with van der Waals surface area (Å²) < 4.78 is 1.79. The maximum atomic E-state index is 12.2. The van der Waals surface area contributed by atoms with Crippen molar-refractivity contribution >= 4 is 11.8 Å². The van der Waals surface area contributed by atoms with Gasteiger partial charge in [-0.3, -0.25) is 19.3 Å². The predicted molar refractivity (Wildman–Crippen MR) is 88.8 cm³/mol. The predicted octanol–water partition coefficient (Wildman–Crippen LogP) is 1.08. The fraction of sp³-hybridized carbons (Fsp3) is 0.412. The van der Waals surface area contributed by atoms with Gasteiger partial charge in [0.25, 0.3) is 11.8 Å². The van der Waals surface area contributed by atoms with Crippen LogP contribution in [0.5, 0.6) is 0 Å². The average Bonchev–Trinajstić information content (AvgIpc) is 3.05. The fourth-order valence-corrected chi connectivity index (χ4v) is 2.72. The molecule has 0 spiro atoms. The molecule has 3 rings (SSSR count). The monoisotopic (exact) mass is 327 g/mol. The minimum atomic E-state index is -0.168. The summed E-state index contributed by atoms with van der Waals surface area (Å²) in [6.07, 6.45) is 2.24. The number of nitrogens with one attached hydrogen (secondary N) is 2. The summed E-state index contributed by atoms with van der Waals surface area (Å²) in [4.78, 5) is 28.3. The normalized spacial score (nSPS) is 16.1. The van der Waals surface area contributed by atoms with Crippen molar-refractivity contribution < 1.29 is 9.59 Å². The molecule has 2 aromatic rings. The van der Waals surface area contributed by atoms with Crippen LogP contribution in [0.2, 0.25) is 0 Å². The molecule has 0 saturated heterocycles. The first kappa shape index (κ1) is 16.2. The first-order valence-corrected chi connectivity index (χ1v) is 8.03. The highest BCUT2D eigenvalue weighted by Crippen LogP contribution is 2.16. The average molecular weight is 327 g/mol. The van der Waals surface area contributed by atoms with Crippen LogP contribution >= 0.6 is 0 Å². The summed E-state index contributed by atoms with van der Waals surface area (Å²) in [5, 5.41) is 10.1. The van der Waals surface area contributed by atoms with E-state index in [1.807, 2.05) is 26.8 Å². The second-order valence-corrected chi connectivity index (χ2v) is 6.39. The van der Waals surface area contributed by atoms with Gasteiger partial charge in [-0.05, 0) is 39.0 Å². The van der Waals surface area contributed by atoms with Gasteiger partial charge in [-0.15, -0.1) is 0 Å². The summed E-state index contributed by atoms with van der Waals surface area (Å²) in [5.41, 5.74) is 2.80. The van der Waals surface area contributed by atoms with Gasteiger partial charge in [0.2, 0.25) is 0 Å². The minimum absolute atomic E-state index is 0.0245. The van der Waals surface area contributed by atoms with E-state index in [4.69, 9.17) is 0 Å². The maximum Gasteiger partial charge on any atom is 0.271 e. The zero-order valence-electron chi connectivity index (χ0n) is 14.0. The highest BCUT2D eigenvalue weighted by molar-refractivity contribution is 5.94. The van der Waals surface area contributed by atoms with Crippen LogP contribution < -0.4 is 10.6 Å². The molecule has 0 unspecified atom stereocenters. The van der Waals surface area contributed by atoms with E-state index in [1.54, 1.807) is 23.0 Å². The third-order valence-electron chi connectivity index (χ3n) is 3.87. The molecule has 0 aliphatic carbocycles. The van der Waals surface area contributed by atoms with Crippen LogP contribution in [-0.2, 0) is 13.0 Å². The SMILES string of the molecule is Cc1ccc(C(=O)N[C@H]2Cc3cc(C(=O)NC(C)C)nn3C2)cn1. The highest BCUT2D eigenvalue weighted by atomic mass is 16.2. The van der Waals surface area contributed by atoms with Crippen molar-refractivity contribution in [1.29, 1.82) is 0 Å². The van der Waals surface area contributed by atoms with Gasteiger partial charge in [0.1, 0.15) is 5.69 Å². The van der Waals surface area contributed by atoms with Crippen LogP contribution in [-0.4, -0.2) is 38.7 Å². The Morgan fingerprint density at radius 2 is 2.08 bits per heavy atom. The van der Waals surface area contributed by atoms with E-state index in [9.17, 15) is 9.59 Å². The van der Waals surface area contributed by atoms with Crippen LogP contribution in [0.4, 0.5) is 0 Å². The lowest BCUT2D eigenvalue weighted by molar-refractivity contribution is 0.0923. The molecule has 0 radical (unpaired) electrons. The van der Waals surface area contributed by atoms with Crippen LogP contribution in [0.3, 0.4) is 0 Å². The number of nitrogens with zero attached hydrogens (tertiary/aromatic N) is 3. The molecule has 3 heterocycles. The zero-order valence-corrected chi connectivity index (χ0v) is 14.0. The van der Waals surface area contributed by atoms with E-state index in [0.29, 0.717) is 24.2 Å². The van der Waals surface area contributed by atoms with Crippen molar-refractivity contribution in [3.05, 3.63) is 47.0 Å². The van der Waals surface area contributed by atoms with Crippen molar-refractivity contribution in [2.75, 3.05) is 0 Å². The van der Waals surface area contributed by atoms with E-state index < -0.39 is 0 Å². The van der Waals surface area contributed by atoms with Gasteiger partial charge in [0.15, 0.2) is 0 Å². The third kappa shape index (κ3) is 3.45. The molecular weight excluding hydrogens is 306 g/mol. The van der Waals surface area contributed by atoms with Crippen LogP contribution in [0.25, 0.3) is 0 Å². The van der Waals surface area contributed by atoms with Gasteiger partial charge in [-0.2, -0.15) is 5.10 Å². The number of pyridine rings is 1. The van der Waals surface area contributed by atoms with E-state index in [1.165, 1.54) is 0 Å². The summed E-state index contributed by atoms with van der Waals surface area (Å²) in [7, 11) is 0. The number of carbonyl (C=O) groups excluding carboxylic acids is 2. The molecular formula is C17H21N5O2. The van der Waals surface area contributed by atoms with Crippen molar-refractivity contribution in [2.45, 2.75) is 45.8 Å². The standard InChI is InChI=1S/C17H21N5O2/c1-10(2)19-17(24)15-7-14-6-13(9-22(14)21-15)20-16(23)12-5-4-11(3)18-8-12/h4-5,7-8,10,13H,6,9H2,1-3H3,(H,19,24)(H,20,23)/t13-/m0/s1. The van der Waals surface area contributed by atoms with Crippen molar-refractivity contribution in [1.82, 2.24) is 25.4 Å². The lowest BCUT2D eigenvalue weighted by Gasteiger charge is -2.12. The van der Waals surface area contributed by atoms with Gasteiger partial charge in [-0.1, -0.05) is 0 Å². The second kappa shape index (κ2) is 6.43. The van der Waals surface area contributed by atoms with Crippen molar-refractivity contribution in [3.63, 3.8) is 0 Å². The Morgan fingerprint density at radius 1 is 1.29 bits per heavy atom. The largest absolute Gasteiger partial charge is 0.348 e. The van der Waals surface area contributed by atoms with Crippen molar-refractivity contribution in [2.24, 2.45) is 0 Å². The summed E-state index contributed by atoms with van der Waals surface area (Å²) in [6, 6.07) is 5.41. The molecule has 7 heteroatoms. The van der Waals surface area contributed by atoms with Crippen LogP contribution in [0.15, 0.2) is 24.4 Å². The molecule has 1 aliphatic rings. The number of rotatable bonds is 4. The summed E-state index contributed by atoms with van der Waals surface area (Å²) in [5.74, 6) is -0.311. The Morgan fingerprint density at radius 3 is 2.71 bits per heavy atom. The first-order valence-electron chi connectivity index (χ1n) is 8.03. The van der Waals surface area contributed by atoms with E-state index >= 15 is 0 Å². The van der Waals surface area contributed by atoms with Crippen LogP contribution in [0, 0.1) is 6.92 Å². The lowest BCUT2D eigenvalue weighted by Crippen LogP contribution is -2.36. The molecule has 0 fully saturated rings. The highest BCUT2D eigenvalue weighted by Gasteiger charge is 2.26. The van der Waals surface area contributed by atoms with E-state index in [-0.39, 0.29) is 23.9 Å². The van der Waals surface area contributed by atoms with Crippen LogP contribution in [0.1, 0.15) is 46.1 Å². The topological polar surface area (TPSA) is 88.9 Å². The van der Waals surface area contributed by atoms with Gasteiger partial charge in [-0.25, -0.2) is 0 Å². The zero-order chi connectivity index (χ0) is 17.3. The molecule has 0 aromatic carbocycles. The van der Waals surface area contributed by atoms with Gasteiger partial charge in [0.05, 0.1) is 18.2 Å². The molecule has 126 valence electrons. The molecule has 2 N–H and O–H groups in total. The molecule has 2 aromatic heterocycles. The first-order chi connectivity index (χ1) is 11.4. The Balaban J connectivity index is 1.61. The summed E-state index contributed by atoms with van der Waals surface area (Å²) >= 11 is 0. The molecule has 1 atom stereocenters. The number of amides is 2. The number of fused-ring (bicyclic) bond motifs is 1. The Labute approximate surface area is 140 Å².